The molecule has 0 rings (SSSR count). The van der Waals surface area contributed by atoms with Crippen molar-refractivity contribution in [1.82, 2.24) is 14.8 Å². The smallest absolute Gasteiger partial charge is 0.407 e. The molecule has 0 spiro atoms. The molecule has 0 fully saturated rings. The largest absolute Gasteiger partial charge is 0.465 e. The van der Waals surface area contributed by atoms with Crippen molar-refractivity contribution in [3.63, 3.8) is 0 Å². The van der Waals surface area contributed by atoms with Gasteiger partial charge in [-0.2, -0.15) is 13.1 Å². The number of hydrogen-bond acceptors (Lipinski definition) is 6. The predicted octanol–water partition coefficient (Wildman–Crippen LogP) is 0.667. The van der Waals surface area contributed by atoms with E-state index < -0.39 is 33.9 Å². The summed E-state index contributed by atoms with van der Waals surface area (Å²) < 4.78 is 38.2. The van der Waals surface area contributed by atoms with Crippen molar-refractivity contribution in [2.75, 3.05) is 19.7 Å². The van der Waals surface area contributed by atoms with Gasteiger partial charge in [0.15, 0.2) is 0 Å². The molecular weight excluding hydrogens is 338 g/mol. The number of hydrogen-bond donors (Lipinski definition) is 3. The first-order valence-electron chi connectivity index (χ1n) is 7.91. The first kappa shape index (κ1) is 22.6. The van der Waals surface area contributed by atoms with Gasteiger partial charge in [0.2, 0.25) is 0 Å². The Morgan fingerprint density at radius 3 is 2.29 bits per heavy atom. The lowest BCUT2D eigenvalue weighted by molar-refractivity contribution is -0.144. The normalized spacial score (nSPS) is 13.2. The third-order valence-electron chi connectivity index (χ3n) is 2.54. The van der Waals surface area contributed by atoms with E-state index in [9.17, 15) is 18.0 Å². The van der Waals surface area contributed by atoms with E-state index in [0.717, 1.165) is 6.42 Å². The zero-order valence-corrected chi connectivity index (χ0v) is 15.8. The highest BCUT2D eigenvalue weighted by molar-refractivity contribution is 7.87. The average molecular weight is 367 g/mol. The van der Waals surface area contributed by atoms with Gasteiger partial charge in [0.25, 0.3) is 10.2 Å². The van der Waals surface area contributed by atoms with Crippen LogP contribution in [0.5, 0.6) is 0 Å². The van der Waals surface area contributed by atoms with Crippen molar-refractivity contribution in [1.29, 1.82) is 0 Å². The average Bonchev–Trinajstić information content (AvgIpc) is 2.41. The first-order valence-corrected chi connectivity index (χ1v) is 9.39. The van der Waals surface area contributed by atoms with Crippen molar-refractivity contribution >= 4 is 22.3 Å². The van der Waals surface area contributed by atoms with Crippen LogP contribution in [0.15, 0.2) is 0 Å². The van der Waals surface area contributed by atoms with Gasteiger partial charge in [-0.15, -0.1) is 0 Å². The van der Waals surface area contributed by atoms with E-state index in [1.54, 1.807) is 27.7 Å². The number of rotatable bonds is 10. The van der Waals surface area contributed by atoms with Crippen LogP contribution in [0.25, 0.3) is 0 Å². The molecule has 0 aromatic carbocycles. The maximum atomic E-state index is 11.9. The van der Waals surface area contributed by atoms with E-state index in [1.165, 1.54) is 0 Å². The second-order valence-corrected chi connectivity index (χ2v) is 7.59. The van der Waals surface area contributed by atoms with E-state index in [-0.39, 0.29) is 19.7 Å². The Kier molecular flexibility index (Phi) is 9.86. The van der Waals surface area contributed by atoms with Crippen LogP contribution in [-0.2, 0) is 24.5 Å². The van der Waals surface area contributed by atoms with Crippen LogP contribution in [0.3, 0.4) is 0 Å². The third kappa shape index (κ3) is 11.2. The van der Waals surface area contributed by atoms with Gasteiger partial charge in [0.1, 0.15) is 11.6 Å². The lowest BCUT2D eigenvalue weighted by Crippen LogP contribution is -2.52. The van der Waals surface area contributed by atoms with E-state index in [0.29, 0.717) is 6.42 Å². The zero-order chi connectivity index (χ0) is 18.8. The summed E-state index contributed by atoms with van der Waals surface area (Å²) in [4.78, 5) is 23.5. The maximum absolute atomic E-state index is 11.9. The molecule has 0 aliphatic rings. The molecular formula is C14H29N3O6S. The Hall–Kier alpha value is -1.39. The van der Waals surface area contributed by atoms with Crippen molar-refractivity contribution in [3.8, 4) is 0 Å². The molecule has 9 nitrogen and oxygen atoms in total. The van der Waals surface area contributed by atoms with Gasteiger partial charge >= 0.3 is 12.1 Å². The Labute approximate surface area is 144 Å². The van der Waals surface area contributed by atoms with E-state index in [2.05, 4.69) is 14.8 Å². The molecule has 0 aliphatic heterocycles. The minimum absolute atomic E-state index is 0.0900. The van der Waals surface area contributed by atoms with E-state index >= 15 is 0 Å². The second-order valence-electron chi connectivity index (χ2n) is 6.06. The highest BCUT2D eigenvalue weighted by Crippen LogP contribution is 2.06. The van der Waals surface area contributed by atoms with Crippen LogP contribution in [0.2, 0.25) is 0 Å². The summed E-state index contributed by atoms with van der Waals surface area (Å²) in [5, 5.41) is 2.35. The van der Waals surface area contributed by atoms with Gasteiger partial charge in [-0.3, -0.25) is 4.79 Å². The Morgan fingerprint density at radius 2 is 1.79 bits per heavy atom. The van der Waals surface area contributed by atoms with Gasteiger partial charge in [-0.25, -0.2) is 9.52 Å². The van der Waals surface area contributed by atoms with Gasteiger partial charge in [-0.1, -0.05) is 13.3 Å². The topological polar surface area (TPSA) is 123 Å². The van der Waals surface area contributed by atoms with Crippen LogP contribution in [0.4, 0.5) is 4.79 Å². The molecule has 1 amide bonds. The van der Waals surface area contributed by atoms with E-state index in [4.69, 9.17) is 9.47 Å². The summed E-state index contributed by atoms with van der Waals surface area (Å²) in [7, 11) is -3.89. The van der Waals surface area contributed by atoms with Crippen LogP contribution in [-0.4, -0.2) is 51.8 Å². The predicted molar refractivity (Wildman–Crippen MR) is 89.6 cm³/mol. The number of amides is 1. The Bertz CT molecular complexity index is 501. The van der Waals surface area contributed by atoms with Crippen LogP contribution >= 0.6 is 0 Å². The number of carbonyl (C=O) groups is 2. The lowest BCUT2D eigenvalue weighted by atomic mass is 10.2. The Morgan fingerprint density at radius 1 is 1.17 bits per heavy atom. The fraction of sp³-hybridized carbons (Fsp3) is 0.857. The molecule has 10 heteroatoms. The van der Waals surface area contributed by atoms with Crippen LogP contribution in [0.1, 0.15) is 47.5 Å². The SMILES string of the molecule is CCCCNS(=O)(=O)NC(CNC(=O)OC(C)(C)C)C(=O)OCC. The molecule has 142 valence electrons. The molecule has 0 aliphatic carbocycles. The standard InChI is InChI=1S/C14H29N3O6S/c1-6-8-9-16-24(20,21)17-11(12(18)22-7-2)10-15-13(19)23-14(3,4)5/h11,16-17H,6-10H2,1-5H3,(H,15,19). The van der Waals surface area contributed by atoms with Crippen molar-refractivity contribution in [2.24, 2.45) is 0 Å². The molecule has 0 bridgehead atoms. The summed E-state index contributed by atoms with van der Waals surface area (Å²) >= 11 is 0. The molecule has 0 aromatic rings. The molecule has 1 unspecified atom stereocenters. The monoisotopic (exact) mass is 367 g/mol. The number of carbonyl (C=O) groups excluding carboxylic acids is 2. The van der Waals surface area contributed by atoms with Gasteiger partial charge in [0.05, 0.1) is 6.61 Å². The van der Waals surface area contributed by atoms with Crippen molar-refractivity contribution < 1.29 is 27.5 Å². The fourth-order valence-electron chi connectivity index (χ4n) is 1.53. The second kappa shape index (κ2) is 10.5. The minimum Gasteiger partial charge on any atom is -0.465 e. The van der Waals surface area contributed by atoms with E-state index in [1.807, 2.05) is 6.92 Å². The zero-order valence-electron chi connectivity index (χ0n) is 15.0. The summed E-state index contributed by atoms with van der Waals surface area (Å²) in [5.74, 6) is -0.783. The van der Waals surface area contributed by atoms with Gasteiger partial charge < -0.3 is 14.8 Å². The molecule has 24 heavy (non-hydrogen) atoms. The molecule has 0 saturated heterocycles. The highest BCUT2D eigenvalue weighted by atomic mass is 32.2. The molecule has 0 aromatic heterocycles. The lowest BCUT2D eigenvalue weighted by Gasteiger charge is -2.22. The van der Waals surface area contributed by atoms with Crippen LogP contribution in [0, 0.1) is 0 Å². The molecule has 3 N–H and O–H groups in total. The summed E-state index contributed by atoms with van der Waals surface area (Å²) in [5.41, 5.74) is -0.704. The summed E-state index contributed by atoms with van der Waals surface area (Å²) in [6.07, 6.45) is 0.737. The van der Waals surface area contributed by atoms with Gasteiger partial charge in [0, 0.05) is 13.1 Å². The number of alkyl carbamates (subject to hydrolysis) is 1. The molecule has 0 heterocycles. The number of ether oxygens (including phenoxy) is 2. The fourth-order valence-corrected chi connectivity index (χ4v) is 2.58. The molecule has 0 radical (unpaired) electrons. The number of nitrogens with one attached hydrogen (secondary N) is 3. The maximum Gasteiger partial charge on any atom is 0.407 e. The summed E-state index contributed by atoms with van der Waals surface area (Å²) in [6, 6.07) is -1.25. The summed E-state index contributed by atoms with van der Waals surface area (Å²) in [6.45, 7) is 8.65. The van der Waals surface area contributed by atoms with Gasteiger partial charge in [-0.05, 0) is 34.1 Å². The number of esters is 1. The highest BCUT2D eigenvalue weighted by Gasteiger charge is 2.27. The number of unbranched alkanes of at least 4 members (excludes halogenated alkanes) is 1. The molecule has 0 saturated carbocycles. The third-order valence-corrected chi connectivity index (χ3v) is 3.72. The minimum atomic E-state index is -3.89. The Balaban J connectivity index is 4.75. The quantitative estimate of drug-likeness (QED) is 0.385. The van der Waals surface area contributed by atoms with Crippen molar-refractivity contribution in [3.05, 3.63) is 0 Å². The van der Waals surface area contributed by atoms with Crippen molar-refractivity contribution in [2.45, 2.75) is 59.1 Å². The first-order chi connectivity index (χ1) is 11.0. The van der Waals surface area contributed by atoms with Crippen LogP contribution < -0.4 is 14.8 Å². The molecule has 1 atom stereocenters.